The van der Waals surface area contributed by atoms with Crippen LogP contribution in [0.5, 0.6) is 0 Å². The summed E-state index contributed by atoms with van der Waals surface area (Å²) in [6, 6.07) is 0. The first-order valence-corrected chi connectivity index (χ1v) is 9.53. The lowest BCUT2D eigenvalue weighted by Crippen LogP contribution is -2.47. The van der Waals surface area contributed by atoms with Gasteiger partial charge in [0.15, 0.2) is 0 Å². The number of aliphatic hydroxyl groups is 1. The van der Waals surface area contributed by atoms with Crippen LogP contribution in [-0.4, -0.2) is 11.2 Å². The van der Waals surface area contributed by atoms with Crippen LogP contribution in [-0.2, 0) is 0 Å². The molecule has 0 aliphatic heterocycles. The molecule has 4 aliphatic rings. The van der Waals surface area contributed by atoms with E-state index in [4.69, 9.17) is 0 Å². The van der Waals surface area contributed by atoms with Gasteiger partial charge in [-0.3, -0.25) is 0 Å². The van der Waals surface area contributed by atoms with Gasteiger partial charge >= 0.3 is 0 Å². The Kier molecular flexibility index (Phi) is 3.39. The van der Waals surface area contributed by atoms with Crippen LogP contribution in [0.1, 0.15) is 72.1 Å². The molecule has 3 fully saturated rings. The molecule has 22 heavy (non-hydrogen) atoms. The minimum atomic E-state index is -0.0369. The second-order valence-corrected chi connectivity index (χ2v) is 8.97. The lowest BCUT2D eigenvalue weighted by atomic mass is 9.49. The van der Waals surface area contributed by atoms with Crippen molar-refractivity contribution in [3.8, 4) is 0 Å². The van der Waals surface area contributed by atoms with Crippen LogP contribution >= 0.6 is 0 Å². The first kappa shape index (κ1) is 15.0. The van der Waals surface area contributed by atoms with Gasteiger partial charge in [-0.15, -0.1) is 0 Å². The zero-order valence-corrected chi connectivity index (χ0v) is 14.6. The Morgan fingerprint density at radius 3 is 2.73 bits per heavy atom. The highest BCUT2D eigenvalue weighted by Gasteiger charge is 2.55. The standard InChI is InChI=1S/C21H32O/c1-4-14-6-8-18-17-7-5-15-13-16(22)9-11-21(15,3)19(17)10-12-20(14,18)2/h4,10,15-18,22H,5-9,11-13H2,1-3H3/b14-4-/t15-,16+,17?,18?,20-,21+/m1/s1. The molecule has 1 N–H and O–H groups in total. The number of hydrogen-bond donors (Lipinski definition) is 1. The second-order valence-electron chi connectivity index (χ2n) is 8.97. The van der Waals surface area contributed by atoms with Crippen molar-refractivity contribution in [1.29, 1.82) is 0 Å². The smallest absolute Gasteiger partial charge is 0.0543 e. The predicted octanol–water partition coefficient (Wildman–Crippen LogP) is 5.26. The Labute approximate surface area is 135 Å². The Hall–Kier alpha value is -0.560. The summed E-state index contributed by atoms with van der Waals surface area (Å²) in [5.74, 6) is 2.43. The molecule has 0 aromatic rings. The molecule has 0 radical (unpaired) electrons. The van der Waals surface area contributed by atoms with Crippen LogP contribution in [0.15, 0.2) is 23.3 Å². The van der Waals surface area contributed by atoms with Crippen molar-refractivity contribution >= 4 is 0 Å². The summed E-state index contributed by atoms with van der Waals surface area (Å²) in [7, 11) is 0. The monoisotopic (exact) mass is 300 g/mol. The maximum Gasteiger partial charge on any atom is 0.0543 e. The van der Waals surface area contributed by atoms with Crippen molar-refractivity contribution in [3.05, 3.63) is 23.3 Å². The lowest BCUT2D eigenvalue weighted by Gasteiger charge is -2.56. The summed E-state index contributed by atoms with van der Waals surface area (Å²) in [5, 5.41) is 10.1. The van der Waals surface area contributed by atoms with E-state index in [-0.39, 0.29) is 6.10 Å². The van der Waals surface area contributed by atoms with Crippen molar-refractivity contribution in [2.75, 3.05) is 0 Å². The number of fused-ring (bicyclic) bond motifs is 5. The van der Waals surface area contributed by atoms with Crippen LogP contribution in [0, 0.1) is 28.6 Å². The highest BCUT2D eigenvalue weighted by atomic mass is 16.3. The fourth-order valence-electron chi connectivity index (χ4n) is 6.83. The average Bonchev–Trinajstić information content (AvgIpc) is 2.84. The van der Waals surface area contributed by atoms with E-state index in [1.165, 1.54) is 38.5 Å². The van der Waals surface area contributed by atoms with Gasteiger partial charge in [0, 0.05) is 0 Å². The summed E-state index contributed by atoms with van der Waals surface area (Å²) in [6.45, 7) is 7.30. The van der Waals surface area contributed by atoms with E-state index in [0.29, 0.717) is 10.8 Å². The van der Waals surface area contributed by atoms with Crippen molar-refractivity contribution in [1.82, 2.24) is 0 Å². The van der Waals surface area contributed by atoms with Gasteiger partial charge < -0.3 is 5.11 Å². The lowest BCUT2D eigenvalue weighted by molar-refractivity contribution is -0.00472. The van der Waals surface area contributed by atoms with E-state index < -0.39 is 0 Å². The maximum atomic E-state index is 10.1. The first-order valence-electron chi connectivity index (χ1n) is 9.53. The molecule has 0 bridgehead atoms. The van der Waals surface area contributed by atoms with Crippen LogP contribution in [0.4, 0.5) is 0 Å². The molecule has 0 amide bonds. The fourth-order valence-corrected chi connectivity index (χ4v) is 6.83. The Bertz CT molecular complexity index is 530. The SMILES string of the molecule is C/C=C1/CCC2C3CC[C@@H]4C[C@@H](O)CC[C@]4(C)C3=CC[C@]12C. The molecule has 0 aromatic heterocycles. The largest absolute Gasteiger partial charge is 0.393 e. The zero-order valence-electron chi connectivity index (χ0n) is 14.6. The molecule has 1 heteroatoms. The first-order chi connectivity index (χ1) is 10.5. The van der Waals surface area contributed by atoms with Gasteiger partial charge in [-0.05, 0) is 86.9 Å². The average molecular weight is 300 g/mol. The molecular formula is C21H32O. The molecule has 3 saturated carbocycles. The molecule has 0 aromatic carbocycles. The molecule has 0 spiro atoms. The van der Waals surface area contributed by atoms with E-state index in [0.717, 1.165) is 30.6 Å². The predicted molar refractivity (Wildman–Crippen MR) is 91.5 cm³/mol. The Balaban J connectivity index is 1.71. The zero-order chi connectivity index (χ0) is 15.5. The fraction of sp³-hybridized carbons (Fsp3) is 0.810. The number of aliphatic hydroxyl groups excluding tert-OH is 1. The normalized spacial score (nSPS) is 52.7. The highest BCUT2D eigenvalue weighted by molar-refractivity contribution is 5.34. The topological polar surface area (TPSA) is 20.2 Å². The van der Waals surface area contributed by atoms with Crippen molar-refractivity contribution in [2.24, 2.45) is 28.6 Å². The maximum absolute atomic E-state index is 10.1. The van der Waals surface area contributed by atoms with E-state index in [1.807, 2.05) is 0 Å². The third-order valence-electron chi connectivity index (χ3n) is 8.20. The van der Waals surface area contributed by atoms with Gasteiger partial charge in [-0.25, -0.2) is 0 Å². The summed E-state index contributed by atoms with van der Waals surface area (Å²) in [4.78, 5) is 0. The second kappa shape index (κ2) is 4.97. The van der Waals surface area contributed by atoms with E-state index >= 15 is 0 Å². The summed E-state index contributed by atoms with van der Waals surface area (Å²) >= 11 is 0. The molecular weight excluding hydrogens is 268 g/mol. The molecule has 2 unspecified atom stereocenters. The molecule has 4 aliphatic carbocycles. The van der Waals surface area contributed by atoms with Gasteiger partial charge in [-0.2, -0.15) is 0 Å². The van der Waals surface area contributed by atoms with Crippen molar-refractivity contribution in [2.45, 2.75) is 78.2 Å². The van der Waals surface area contributed by atoms with Crippen LogP contribution in [0.25, 0.3) is 0 Å². The molecule has 122 valence electrons. The number of rotatable bonds is 0. The molecule has 1 nitrogen and oxygen atoms in total. The summed E-state index contributed by atoms with van der Waals surface area (Å²) in [6.07, 6.45) is 15.0. The highest BCUT2D eigenvalue weighted by Crippen LogP contribution is 2.65. The van der Waals surface area contributed by atoms with E-state index in [9.17, 15) is 5.11 Å². The molecule has 0 saturated heterocycles. The summed E-state index contributed by atoms with van der Waals surface area (Å²) < 4.78 is 0. The van der Waals surface area contributed by atoms with Gasteiger partial charge in [0.05, 0.1) is 6.10 Å². The van der Waals surface area contributed by atoms with Crippen molar-refractivity contribution in [3.63, 3.8) is 0 Å². The van der Waals surface area contributed by atoms with Gasteiger partial charge in [-0.1, -0.05) is 37.1 Å². The van der Waals surface area contributed by atoms with Crippen LogP contribution in [0.2, 0.25) is 0 Å². The van der Waals surface area contributed by atoms with Gasteiger partial charge in [0.1, 0.15) is 0 Å². The third kappa shape index (κ3) is 1.87. The molecule has 6 atom stereocenters. The number of allylic oxidation sites excluding steroid dienone is 4. The third-order valence-corrected chi connectivity index (χ3v) is 8.20. The quantitative estimate of drug-likeness (QED) is 0.605. The van der Waals surface area contributed by atoms with Crippen LogP contribution in [0.3, 0.4) is 0 Å². The Morgan fingerprint density at radius 2 is 1.95 bits per heavy atom. The Morgan fingerprint density at radius 1 is 1.14 bits per heavy atom. The summed E-state index contributed by atoms with van der Waals surface area (Å²) in [5.41, 5.74) is 4.36. The minimum Gasteiger partial charge on any atom is -0.393 e. The number of hydrogen-bond acceptors (Lipinski definition) is 1. The minimum absolute atomic E-state index is 0.0369. The van der Waals surface area contributed by atoms with E-state index in [2.05, 4.69) is 32.9 Å². The van der Waals surface area contributed by atoms with E-state index in [1.54, 1.807) is 11.1 Å². The van der Waals surface area contributed by atoms with Gasteiger partial charge in [0.2, 0.25) is 0 Å². The van der Waals surface area contributed by atoms with Crippen molar-refractivity contribution < 1.29 is 5.11 Å². The van der Waals surface area contributed by atoms with Gasteiger partial charge in [0.25, 0.3) is 0 Å². The molecule has 0 heterocycles. The molecule has 4 rings (SSSR count). The van der Waals surface area contributed by atoms with Crippen LogP contribution < -0.4 is 0 Å².